The van der Waals surface area contributed by atoms with Gasteiger partial charge in [0.2, 0.25) is 5.91 Å². The molecule has 4 heteroatoms. The number of Topliss-reactive ketones (excluding diaryl/α,β-unsaturated/α-hetero) is 1. The number of rotatable bonds is 2. The molecule has 1 aromatic carbocycles. The zero-order chi connectivity index (χ0) is 16.3. The number of carbonyl (C=O) groups is 2. The summed E-state index contributed by atoms with van der Waals surface area (Å²) in [6.45, 7) is 8.08. The Hall–Kier alpha value is -1.35. The largest absolute Gasteiger partial charge is 0.325 e. The van der Waals surface area contributed by atoms with Gasteiger partial charge in [-0.2, -0.15) is 0 Å². The molecule has 0 unspecified atom stereocenters. The van der Waals surface area contributed by atoms with Gasteiger partial charge in [-0.25, -0.2) is 0 Å². The lowest BCUT2D eigenvalue weighted by Gasteiger charge is -2.38. The number of amides is 1. The third kappa shape index (κ3) is 1.75. The molecule has 2 aliphatic carbocycles. The first-order valence-electron chi connectivity index (χ1n) is 7.75. The Morgan fingerprint density at radius 2 is 1.91 bits per heavy atom. The third-order valence-electron chi connectivity index (χ3n) is 6.59. The second-order valence-electron chi connectivity index (χ2n) is 7.55. The summed E-state index contributed by atoms with van der Waals surface area (Å²) in [6.07, 6.45) is 1.91. The number of carbonyl (C=O) groups excluding carboxylic acids is 2. The van der Waals surface area contributed by atoms with Gasteiger partial charge in [0, 0.05) is 22.5 Å². The summed E-state index contributed by atoms with van der Waals surface area (Å²) >= 11 is 6.03. The fourth-order valence-corrected chi connectivity index (χ4v) is 4.50. The SMILES string of the molecule is Cc1ccc(Cl)cc1NC(=O)[C@]12CC[C@@](C)(C(=O)C1)C2(C)C. The fourth-order valence-electron chi connectivity index (χ4n) is 4.33. The molecular weight excluding hydrogens is 298 g/mol. The van der Waals surface area contributed by atoms with Crippen molar-refractivity contribution < 1.29 is 9.59 Å². The molecule has 2 fully saturated rings. The zero-order valence-electron chi connectivity index (χ0n) is 13.5. The molecule has 0 spiro atoms. The van der Waals surface area contributed by atoms with Gasteiger partial charge < -0.3 is 5.32 Å². The first-order chi connectivity index (χ1) is 10.1. The number of ketones is 1. The van der Waals surface area contributed by atoms with E-state index < -0.39 is 5.41 Å². The van der Waals surface area contributed by atoms with E-state index in [1.165, 1.54) is 0 Å². The van der Waals surface area contributed by atoms with Gasteiger partial charge in [0.15, 0.2) is 0 Å². The van der Waals surface area contributed by atoms with Crippen molar-refractivity contribution in [2.45, 2.75) is 47.0 Å². The Morgan fingerprint density at radius 1 is 1.23 bits per heavy atom. The first-order valence-corrected chi connectivity index (χ1v) is 8.13. The van der Waals surface area contributed by atoms with Crippen LogP contribution >= 0.6 is 11.6 Å². The predicted molar refractivity (Wildman–Crippen MR) is 88.0 cm³/mol. The number of fused-ring (bicyclic) bond motifs is 2. The van der Waals surface area contributed by atoms with E-state index in [2.05, 4.69) is 19.2 Å². The van der Waals surface area contributed by atoms with Crippen LogP contribution in [0.2, 0.25) is 5.02 Å². The normalized spacial score (nSPS) is 32.3. The second kappa shape index (κ2) is 4.58. The standard InChI is InChI=1S/C18H22ClNO2/c1-11-5-6-12(19)9-13(11)20-15(22)18-8-7-17(4,14(21)10-18)16(18,2)3/h5-6,9H,7-8,10H2,1-4H3,(H,20,22)/t17-,18-/m0/s1. The summed E-state index contributed by atoms with van der Waals surface area (Å²) in [6, 6.07) is 5.46. The second-order valence-corrected chi connectivity index (χ2v) is 7.99. The minimum atomic E-state index is -0.604. The lowest BCUT2D eigenvalue weighted by atomic mass is 9.64. The van der Waals surface area contributed by atoms with Crippen molar-refractivity contribution in [3.63, 3.8) is 0 Å². The van der Waals surface area contributed by atoms with Crippen molar-refractivity contribution in [1.29, 1.82) is 0 Å². The fraction of sp³-hybridized carbons (Fsp3) is 0.556. The van der Waals surface area contributed by atoms with Gasteiger partial charge in [-0.1, -0.05) is 38.4 Å². The Balaban J connectivity index is 1.96. The summed E-state index contributed by atoms with van der Waals surface area (Å²) in [4.78, 5) is 25.5. The van der Waals surface area contributed by atoms with Gasteiger partial charge >= 0.3 is 0 Å². The molecule has 0 heterocycles. The van der Waals surface area contributed by atoms with Gasteiger partial charge in [-0.3, -0.25) is 9.59 Å². The van der Waals surface area contributed by atoms with E-state index in [1.807, 2.05) is 19.9 Å². The Kier molecular flexibility index (Phi) is 3.23. The Labute approximate surface area is 136 Å². The van der Waals surface area contributed by atoms with Crippen molar-refractivity contribution in [1.82, 2.24) is 0 Å². The summed E-state index contributed by atoms with van der Waals surface area (Å²) in [7, 11) is 0. The summed E-state index contributed by atoms with van der Waals surface area (Å²) < 4.78 is 0. The van der Waals surface area contributed by atoms with E-state index in [4.69, 9.17) is 11.6 Å². The molecule has 22 heavy (non-hydrogen) atoms. The molecule has 0 aromatic heterocycles. The van der Waals surface area contributed by atoms with E-state index in [9.17, 15) is 9.59 Å². The van der Waals surface area contributed by atoms with Gasteiger partial charge in [-0.15, -0.1) is 0 Å². The molecule has 1 aromatic rings. The van der Waals surface area contributed by atoms with Gasteiger partial charge in [-0.05, 0) is 42.9 Å². The number of hydrogen-bond acceptors (Lipinski definition) is 2. The summed E-state index contributed by atoms with van der Waals surface area (Å²) in [5.74, 6) is 0.180. The number of halogens is 1. The summed E-state index contributed by atoms with van der Waals surface area (Å²) in [5, 5.41) is 3.62. The van der Waals surface area contributed by atoms with Crippen LogP contribution in [0, 0.1) is 23.2 Å². The maximum absolute atomic E-state index is 13.1. The molecule has 1 amide bonds. The van der Waals surface area contributed by atoms with Gasteiger partial charge in [0.1, 0.15) is 5.78 Å². The third-order valence-corrected chi connectivity index (χ3v) is 6.82. The topological polar surface area (TPSA) is 46.2 Å². The Bertz CT molecular complexity index is 682. The van der Waals surface area contributed by atoms with Gasteiger partial charge in [0.05, 0.1) is 5.41 Å². The molecule has 0 aliphatic heterocycles. The molecule has 3 nitrogen and oxygen atoms in total. The van der Waals surface area contributed by atoms with E-state index in [0.717, 1.165) is 24.1 Å². The predicted octanol–water partition coefficient (Wildman–Crippen LogP) is 4.37. The molecule has 118 valence electrons. The molecule has 2 bridgehead atoms. The minimum Gasteiger partial charge on any atom is -0.325 e. The average molecular weight is 320 g/mol. The number of nitrogens with one attached hydrogen (secondary N) is 1. The highest BCUT2D eigenvalue weighted by Crippen LogP contribution is 2.70. The van der Waals surface area contributed by atoms with Crippen LogP contribution in [0.1, 0.15) is 45.6 Å². The average Bonchev–Trinajstić information content (AvgIpc) is 2.73. The molecule has 2 saturated carbocycles. The highest BCUT2D eigenvalue weighted by atomic mass is 35.5. The van der Waals surface area contributed by atoms with E-state index in [-0.39, 0.29) is 22.5 Å². The lowest BCUT2D eigenvalue weighted by Crippen LogP contribution is -2.43. The van der Waals surface area contributed by atoms with Crippen molar-refractivity contribution in [2.24, 2.45) is 16.2 Å². The van der Waals surface area contributed by atoms with Crippen molar-refractivity contribution in [3.05, 3.63) is 28.8 Å². The quantitative estimate of drug-likeness (QED) is 0.879. The number of aryl methyl sites for hydroxylation is 1. The molecule has 0 saturated heterocycles. The highest BCUT2D eigenvalue weighted by molar-refractivity contribution is 6.31. The molecular formula is C18H22ClNO2. The summed E-state index contributed by atoms with van der Waals surface area (Å²) in [5.41, 5.74) is 0.391. The highest BCUT2D eigenvalue weighted by Gasteiger charge is 2.72. The molecule has 0 radical (unpaired) electrons. The molecule has 3 rings (SSSR count). The van der Waals surface area contributed by atoms with Crippen molar-refractivity contribution in [2.75, 3.05) is 5.32 Å². The van der Waals surface area contributed by atoms with Crippen molar-refractivity contribution in [3.8, 4) is 0 Å². The van der Waals surface area contributed by atoms with Crippen LogP contribution < -0.4 is 5.32 Å². The minimum absolute atomic E-state index is 0.0440. The van der Waals surface area contributed by atoms with Crippen LogP contribution in [-0.2, 0) is 9.59 Å². The van der Waals surface area contributed by atoms with E-state index in [1.54, 1.807) is 12.1 Å². The number of anilines is 1. The van der Waals surface area contributed by atoms with Crippen molar-refractivity contribution >= 4 is 29.0 Å². The maximum Gasteiger partial charge on any atom is 0.231 e. The van der Waals surface area contributed by atoms with E-state index in [0.29, 0.717) is 11.4 Å². The van der Waals surface area contributed by atoms with Crippen LogP contribution in [0.3, 0.4) is 0 Å². The van der Waals surface area contributed by atoms with Crippen LogP contribution in [0.5, 0.6) is 0 Å². The molecule has 1 N–H and O–H groups in total. The smallest absolute Gasteiger partial charge is 0.231 e. The lowest BCUT2D eigenvalue weighted by molar-refractivity contribution is -0.131. The monoisotopic (exact) mass is 319 g/mol. The number of benzene rings is 1. The maximum atomic E-state index is 13.1. The van der Waals surface area contributed by atoms with Crippen LogP contribution in [0.15, 0.2) is 18.2 Å². The van der Waals surface area contributed by atoms with Crippen LogP contribution in [-0.4, -0.2) is 11.7 Å². The zero-order valence-corrected chi connectivity index (χ0v) is 14.3. The number of hydrogen-bond donors (Lipinski definition) is 1. The van der Waals surface area contributed by atoms with E-state index >= 15 is 0 Å². The van der Waals surface area contributed by atoms with Gasteiger partial charge in [0.25, 0.3) is 0 Å². The van der Waals surface area contributed by atoms with Crippen LogP contribution in [0.4, 0.5) is 5.69 Å². The molecule has 2 aliphatic rings. The van der Waals surface area contributed by atoms with Crippen LogP contribution in [0.25, 0.3) is 0 Å². The molecule has 2 atom stereocenters. The first kappa shape index (κ1) is 15.5. The Morgan fingerprint density at radius 3 is 2.45 bits per heavy atom.